The zero-order valence-corrected chi connectivity index (χ0v) is 23.6. The molecule has 0 radical (unpaired) electrons. The quantitative estimate of drug-likeness (QED) is 0.268. The number of aliphatic hydroxyl groups excluding tert-OH is 1. The number of carboxylic acid groups (broad SMARTS) is 1. The number of benzene rings is 2. The Kier molecular flexibility index (Phi) is 8.58. The second kappa shape index (κ2) is 12.5. The molecule has 1 aliphatic rings. The second-order valence-corrected chi connectivity index (χ2v) is 10.7. The lowest BCUT2D eigenvalue weighted by molar-refractivity contribution is 0.112. The zero-order valence-electron chi connectivity index (χ0n) is 23.6. The van der Waals surface area contributed by atoms with Crippen LogP contribution >= 0.6 is 0 Å². The fraction of sp³-hybridized carbons (Fsp3) is 0.323. The van der Waals surface area contributed by atoms with Crippen LogP contribution in [0.3, 0.4) is 0 Å². The topological polar surface area (TPSA) is 125 Å². The number of likely N-dealkylation sites (N-methyl/N-ethyl adjacent to an activating group) is 1. The van der Waals surface area contributed by atoms with Crippen molar-refractivity contribution in [2.45, 2.75) is 57.3 Å². The van der Waals surface area contributed by atoms with E-state index in [1.165, 1.54) is 42.0 Å². The Morgan fingerprint density at radius 1 is 1.02 bits per heavy atom. The number of hydrogen-bond acceptors (Lipinski definition) is 8. The molecule has 5 rings (SSSR count). The molecule has 0 bridgehead atoms. The van der Waals surface area contributed by atoms with Crippen LogP contribution in [0.2, 0.25) is 0 Å². The van der Waals surface area contributed by atoms with Gasteiger partial charge in [0.1, 0.15) is 24.2 Å². The molecule has 0 spiro atoms. The van der Waals surface area contributed by atoms with Crippen LogP contribution in [0.5, 0.6) is 11.5 Å². The van der Waals surface area contributed by atoms with Gasteiger partial charge in [-0.15, -0.1) is 0 Å². The first-order valence-electron chi connectivity index (χ1n) is 13.7. The maximum absolute atomic E-state index is 14.5. The van der Waals surface area contributed by atoms with Crippen LogP contribution in [0, 0.1) is 5.82 Å². The van der Waals surface area contributed by atoms with E-state index in [9.17, 15) is 19.4 Å². The minimum atomic E-state index is -1.04. The SMILES string of the molecule is CC(C)c1ncncc1-c1cc(F)ccc1Oc1cncnc1N(C)[C@H]1C[C@@H](N(Cc2ccccc2)C(=O)O)C[C@H]1O. The van der Waals surface area contributed by atoms with Crippen molar-refractivity contribution in [2.75, 3.05) is 11.9 Å². The molecular formula is C31H33FN6O4. The standard InChI is InChI=1S/C31H33FN6O4/c1-19(2)29-24(14-33-17-35-29)23-11-21(32)9-10-27(23)42-28-15-34-18-36-30(28)37(3)25-12-22(13-26(25)39)38(31(40)41)16-20-7-5-4-6-8-20/h4-11,14-15,17-19,22,25-26,39H,12-13,16H2,1-3H3,(H,40,41)/t22-,25+,26-/m1/s1. The van der Waals surface area contributed by atoms with Crippen LogP contribution in [0.15, 0.2) is 73.6 Å². The maximum Gasteiger partial charge on any atom is 0.407 e. The molecule has 0 saturated heterocycles. The van der Waals surface area contributed by atoms with Crippen molar-refractivity contribution in [1.82, 2.24) is 24.8 Å². The molecule has 1 aliphatic carbocycles. The first-order valence-corrected chi connectivity index (χ1v) is 13.7. The summed E-state index contributed by atoms with van der Waals surface area (Å²) in [5.41, 5.74) is 2.75. The van der Waals surface area contributed by atoms with Crippen LogP contribution < -0.4 is 9.64 Å². The van der Waals surface area contributed by atoms with E-state index in [0.717, 1.165) is 11.3 Å². The molecule has 3 atom stereocenters. The largest absolute Gasteiger partial charge is 0.465 e. The fourth-order valence-corrected chi connectivity index (χ4v) is 5.50. The lowest BCUT2D eigenvalue weighted by atomic mass is 9.98. The van der Waals surface area contributed by atoms with Gasteiger partial charge in [-0.05, 0) is 42.5 Å². The second-order valence-electron chi connectivity index (χ2n) is 10.7. The van der Waals surface area contributed by atoms with Crippen LogP contribution in [-0.4, -0.2) is 66.4 Å². The molecule has 11 heteroatoms. The molecule has 10 nitrogen and oxygen atoms in total. The van der Waals surface area contributed by atoms with Crippen molar-refractivity contribution in [3.05, 3.63) is 90.7 Å². The average molecular weight is 573 g/mol. The minimum absolute atomic E-state index is 0.0601. The number of ether oxygens (including phenoxy) is 1. The van der Waals surface area contributed by atoms with Gasteiger partial charge in [-0.1, -0.05) is 44.2 Å². The molecule has 2 aromatic carbocycles. The molecule has 2 heterocycles. The first-order chi connectivity index (χ1) is 20.2. The fourth-order valence-electron chi connectivity index (χ4n) is 5.50. The van der Waals surface area contributed by atoms with Crippen molar-refractivity contribution in [3.8, 4) is 22.6 Å². The molecular weight excluding hydrogens is 539 g/mol. The molecule has 1 amide bonds. The van der Waals surface area contributed by atoms with E-state index in [1.807, 2.05) is 44.2 Å². The van der Waals surface area contributed by atoms with E-state index in [4.69, 9.17) is 4.74 Å². The van der Waals surface area contributed by atoms with Crippen molar-refractivity contribution >= 4 is 11.9 Å². The Bertz CT molecular complexity index is 1540. The zero-order chi connectivity index (χ0) is 29.8. The van der Waals surface area contributed by atoms with Crippen LogP contribution in [-0.2, 0) is 6.54 Å². The number of aromatic nitrogens is 4. The van der Waals surface area contributed by atoms with E-state index >= 15 is 0 Å². The van der Waals surface area contributed by atoms with Gasteiger partial charge in [0.2, 0.25) is 0 Å². The summed E-state index contributed by atoms with van der Waals surface area (Å²) < 4.78 is 20.8. The highest BCUT2D eigenvalue weighted by Gasteiger charge is 2.41. The molecule has 4 aromatic rings. The van der Waals surface area contributed by atoms with Crippen molar-refractivity contribution in [2.24, 2.45) is 0 Å². The Hall–Kier alpha value is -4.64. The Balaban J connectivity index is 1.41. The predicted octanol–water partition coefficient (Wildman–Crippen LogP) is 5.50. The van der Waals surface area contributed by atoms with Gasteiger partial charge in [-0.25, -0.2) is 29.1 Å². The number of rotatable bonds is 9. The maximum atomic E-state index is 14.5. The molecule has 42 heavy (non-hydrogen) atoms. The number of aliphatic hydroxyl groups is 1. The van der Waals surface area contributed by atoms with Gasteiger partial charge in [-0.3, -0.25) is 0 Å². The molecule has 1 saturated carbocycles. The van der Waals surface area contributed by atoms with Gasteiger partial charge in [0, 0.05) is 37.0 Å². The lowest BCUT2D eigenvalue weighted by Crippen LogP contribution is -2.40. The lowest BCUT2D eigenvalue weighted by Gasteiger charge is -2.30. The predicted molar refractivity (Wildman–Crippen MR) is 155 cm³/mol. The van der Waals surface area contributed by atoms with Gasteiger partial charge in [0.15, 0.2) is 11.6 Å². The van der Waals surface area contributed by atoms with Gasteiger partial charge in [0.05, 0.1) is 24.0 Å². The van der Waals surface area contributed by atoms with E-state index < -0.39 is 30.1 Å². The molecule has 2 aromatic heterocycles. The monoisotopic (exact) mass is 572 g/mol. The number of amides is 1. The van der Waals surface area contributed by atoms with Crippen molar-refractivity contribution in [1.29, 1.82) is 0 Å². The normalized spacial score (nSPS) is 18.2. The van der Waals surface area contributed by atoms with E-state index in [-0.39, 0.29) is 18.9 Å². The number of carbonyl (C=O) groups is 1. The summed E-state index contributed by atoms with van der Waals surface area (Å²) in [6.07, 6.45) is 4.81. The molecule has 218 valence electrons. The van der Waals surface area contributed by atoms with Crippen molar-refractivity contribution in [3.63, 3.8) is 0 Å². The summed E-state index contributed by atoms with van der Waals surface area (Å²) in [5, 5.41) is 21.1. The highest BCUT2D eigenvalue weighted by Crippen LogP contribution is 2.40. The van der Waals surface area contributed by atoms with E-state index in [2.05, 4.69) is 19.9 Å². The van der Waals surface area contributed by atoms with Crippen LogP contribution in [0.1, 0.15) is 43.9 Å². The summed E-state index contributed by atoms with van der Waals surface area (Å²) in [4.78, 5) is 32.5. The summed E-state index contributed by atoms with van der Waals surface area (Å²) in [7, 11) is 1.78. The summed E-state index contributed by atoms with van der Waals surface area (Å²) in [6.45, 7) is 4.21. The smallest absolute Gasteiger partial charge is 0.407 e. The van der Waals surface area contributed by atoms with E-state index in [0.29, 0.717) is 34.9 Å². The van der Waals surface area contributed by atoms with Crippen molar-refractivity contribution < 1.29 is 24.1 Å². The van der Waals surface area contributed by atoms with Gasteiger partial charge in [-0.2, -0.15) is 0 Å². The van der Waals surface area contributed by atoms with Crippen LogP contribution in [0.4, 0.5) is 15.0 Å². The molecule has 0 aliphatic heterocycles. The molecule has 1 fully saturated rings. The third-order valence-electron chi connectivity index (χ3n) is 7.59. The Morgan fingerprint density at radius 2 is 1.76 bits per heavy atom. The third-order valence-corrected chi connectivity index (χ3v) is 7.59. The third kappa shape index (κ3) is 6.15. The van der Waals surface area contributed by atoms with Gasteiger partial charge < -0.3 is 24.7 Å². The molecule has 2 N–H and O–H groups in total. The first kappa shape index (κ1) is 28.9. The summed E-state index contributed by atoms with van der Waals surface area (Å²) >= 11 is 0. The minimum Gasteiger partial charge on any atom is -0.465 e. The number of nitrogens with zero attached hydrogens (tertiary/aromatic N) is 6. The van der Waals surface area contributed by atoms with Gasteiger partial charge >= 0.3 is 6.09 Å². The summed E-state index contributed by atoms with van der Waals surface area (Å²) in [5.74, 6) is 0.692. The number of hydrogen-bond donors (Lipinski definition) is 2. The highest BCUT2D eigenvalue weighted by molar-refractivity contribution is 5.73. The van der Waals surface area contributed by atoms with Gasteiger partial charge in [0.25, 0.3) is 0 Å². The average Bonchev–Trinajstić information content (AvgIpc) is 3.38. The Morgan fingerprint density at radius 3 is 2.50 bits per heavy atom. The highest BCUT2D eigenvalue weighted by atomic mass is 19.1. The van der Waals surface area contributed by atoms with Crippen LogP contribution in [0.25, 0.3) is 11.1 Å². The van der Waals surface area contributed by atoms with E-state index in [1.54, 1.807) is 18.1 Å². The number of anilines is 1. The summed E-state index contributed by atoms with van der Waals surface area (Å²) in [6, 6.07) is 12.8. The Labute approximate surface area is 243 Å². The molecule has 0 unspecified atom stereocenters. The number of halogens is 1.